The lowest BCUT2D eigenvalue weighted by Crippen LogP contribution is -1.90. The molecule has 0 saturated carbocycles. The van der Waals surface area contributed by atoms with Crippen LogP contribution in [0.2, 0.25) is 0 Å². The fourth-order valence-electron chi connectivity index (χ4n) is 2.80. The minimum atomic E-state index is 0.748. The van der Waals surface area contributed by atoms with Crippen molar-refractivity contribution in [3.8, 4) is 28.5 Å². The van der Waals surface area contributed by atoms with E-state index in [0.717, 1.165) is 34.0 Å². The van der Waals surface area contributed by atoms with Crippen LogP contribution < -0.4 is 9.47 Å². The Balaban J connectivity index is 1.71. The maximum atomic E-state index is 5.88. The van der Waals surface area contributed by atoms with Crippen molar-refractivity contribution >= 4 is 10.9 Å². The van der Waals surface area contributed by atoms with Gasteiger partial charge in [-0.05, 0) is 36.4 Å². The molecule has 3 aromatic carbocycles. The number of nitrogens with one attached hydrogen (secondary N) is 1. The van der Waals surface area contributed by atoms with Gasteiger partial charge in [0.1, 0.15) is 17.2 Å². The van der Waals surface area contributed by atoms with E-state index in [1.807, 2.05) is 60.7 Å². The minimum Gasteiger partial charge on any atom is -0.496 e. The molecule has 1 heterocycles. The number of hydrogen-bond acceptors (Lipinski definition) is 2. The molecule has 0 atom stereocenters. The van der Waals surface area contributed by atoms with Crippen molar-refractivity contribution in [3.63, 3.8) is 0 Å². The largest absolute Gasteiger partial charge is 0.496 e. The van der Waals surface area contributed by atoms with Gasteiger partial charge in [-0.15, -0.1) is 0 Å². The molecule has 0 amide bonds. The molecule has 1 aromatic heterocycles. The number of hydrogen-bond donors (Lipinski definition) is 1. The van der Waals surface area contributed by atoms with E-state index in [0.29, 0.717) is 0 Å². The highest BCUT2D eigenvalue weighted by Crippen LogP contribution is 2.35. The van der Waals surface area contributed by atoms with Gasteiger partial charge in [0.05, 0.1) is 12.8 Å². The highest BCUT2D eigenvalue weighted by molar-refractivity contribution is 5.87. The lowest BCUT2D eigenvalue weighted by atomic mass is 10.1. The van der Waals surface area contributed by atoms with Crippen LogP contribution >= 0.6 is 0 Å². The van der Waals surface area contributed by atoms with Gasteiger partial charge in [0.15, 0.2) is 0 Å². The summed E-state index contributed by atoms with van der Waals surface area (Å²) in [7, 11) is 1.67. The smallest absolute Gasteiger partial charge is 0.131 e. The molecule has 0 fully saturated rings. The molecule has 0 unspecified atom stereocenters. The van der Waals surface area contributed by atoms with Crippen molar-refractivity contribution < 1.29 is 9.47 Å². The quantitative estimate of drug-likeness (QED) is 0.529. The second-order valence-corrected chi connectivity index (χ2v) is 5.55. The van der Waals surface area contributed by atoms with Gasteiger partial charge >= 0.3 is 0 Å². The molecule has 4 rings (SSSR count). The van der Waals surface area contributed by atoms with Crippen LogP contribution in [0.4, 0.5) is 0 Å². The highest BCUT2D eigenvalue weighted by atomic mass is 16.5. The molecule has 3 heteroatoms. The number of benzene rings is 3. The predicted octanol–water partition coefficient (Wildman–Crippen LogP) is 5.64. The molecule has 24 heavy (non-hydrogen) atoms. The van der Waals surface area contributed by atoms with Crippen LogP contribution in [0.25, 0.3) is 22.2 Å². The van der Waals surface area contributed by atoms with Gasteiger partial charge in [0.2, 0.25) is 0 Å². The third-order valence-electron chi connectivity index (χ3n) is 3.97. The summed E-state index contributed by atoms with van der Waals surface area (Å²) in [6, 6.07) is 26.0. The minimum absolute atomic E-state index is 0.748. The molecule has 0 aliphatic carbocycles. The van der Waals surface area contributed by atoms with Gasteiger partial charge in [-0.25, -0.2) is 0 Å². The third kappa shape index (κ3) is 2.72. The topological polar surface area (TPSA) is 34.2 Å². The molecule has 118 valence electrons. The molecule has 0 aliphatic rings. The highest BCUT2D eigenvalue weighted by Gasteiger charge is 2.10. The Kier molecular flexibility index (Phi) is 3.67. The van der Waals surface area contributed by atoms with Crippen LogP contribution in [-0.4, -0.2) is 12.1 Å². The number of methoxy groups -OCH3 is 1. The van der Waals surface area contributed by atoms with Crippen LogP contribution in [0.5, 0.6) is 17.2 Å². The van der Waals surface area contributed by atoms with Crippen molar-refractivity contribution in [2.24, 2.45) is 0 Å². The van der Waals surface area contributed by atoms with E-state index in [-0.39, 0.29) is 0 Å². The van der Waals surface area contributed by atoms with Gasteiger partial charge in [-0.3, -0.25) is 0 Å². The summed E-state index contributed by atoms with van der Waals surface area (Å²) in [5.74, 6) is 2.32. The zero-order chi connectivity index (χ0) is 16.4. The Morgan fingerprint density at radius 1 is 0.750 bits per heavy atom. The number of aromatic nitrogens is 1. The van der Waals surface area contributed by atoms with Gasteiger partial charge in [0.25, 0.3) is 0 Å². The van der Waals surface area contributed by atoms with Crippen LogP contribution in [-0.2, 0) is 0 Å². The van der Waals surface area contributed by atoms with Gasteiger partial charge < -0.3 is 14.5 Å². The Labute approximate surface area is 140 Å². The van der Waals surface area contributed by atoms with Crippen LogP contribution in [0.15, 0.2) is 78.9 Å². The maximum Gasteiger partial charge on any atom is 0.131 e. The lowest BCUT2D eigenvalue weighted by molar-refractivity contribution is 0.410. The van der Waals surface area contributed by atoms with Gasteiger partial charge in [-0.1, -0.05) is 36.4 Å². The van der Waals surface area contributed by atoms with E-state index in [1.54, 1.807) is 7.11 Å². The lowest BCUT2D eigenvalue weighted by Gasteiger charge is -2.11. The average molecular weight is 315 g/mol. The van der Waals surface area contributed by atoms with Gasteiger partial charge in [-0.2, -0.15) is 0 Å². The molecule has 3 nitrogen and oxygen atoms in total. The first-order chi connectivity index (χ1) is 11.8. The zero-order valence-corrected chi connectivity index (χ0v) is 13.3. The summed E-state index contributed by atoms with van der Waals surface area (Å²) >= 11 is 0. The summed E-state index contributed by atoms with van der Waals surface area (Å²) < 4.78 is 11.5. The zero-order valence-electron chi connectivity index (χ0n) is 13.3. The summed E-state index contributed by atoms with van der Waals surface area (Å²) in [5.41, 5.74) is 3.15. The summed E-state index contributed by atoms with van der Waals surface area (Å²) in [6.07, 6.45) is 0. The second-order valence-electron chi connectivity index (χ2n) is 5.55. The predicted molar refractivity (Wildman–Crippen MR) is 96.8 cm³/mol. The molecular weight excluding hydrogens is 298 g/mol. The Morgan fingerprint density at radius 3 is 2.33 bits per heavy atom. The molecule has 0 spiro atoms. The molecule has 0 radical (unpaired) electrons. The number of fused-ring (bicyclic) bond motifs is 1. The number of ether oxygens (including phenoxy) is 2. The van der Waals surface area contributed by atoms with E-state index in [2.05, 4.69) is 23.2 Å². The molecule has 0 aliphatic heterocycles. The molecule has 0 saturated heterocycles. The van der Waals surface area contributed by atoms with Crippen molar-refractivity contribution in [2.45, 2.75) is 0 Å². The van der Waals surface area contributed by atoms with Gasteiger partial charge in [0, 0.05) is 22.5 Å². The first-order valence-electron chi connectivity index (χ1n) is 7.82. The van der Waals surface area contributed by atoms with E-state index in [9.17, 15) is 0 Å². The standard InChI is InChI=1S/C21H17NO2/c1-23-21-14-17(24-16-8-3-2-4-9-16)11-12-18(21)20-13-15-7-5-6-10-19(15)22-20/h2-14,22H,1H3. The molecule has 1 N–H and O–H groups in total. The van der Waals surface area contributed by atoms with E-state index < -0.39 is 0 Å². The van der Waals surface area contributed by atoms with Crippen molar-refractivity contribution in [3.05, 3.63) is 78.9 Å². The van der Waals surface area contributed by atoms with E-state index in [1.165, 1.54) is 5.39 Å². The number of H-pyrrole nitrogens is 1. The summed E-state index contributed by atoms with van der Waals surface area (Å²) in [5, 5.41) is 1.18. The maximum absolute atomic E-state index is 5.88. The number of rotatable bonds is 4. The normalized spacial score (nSPS) is 10.7. The number of aromatic amines is 1. The molecular formula is C21H17NO2. The second kappa shape index (κ2) is 6.13. The number of para-hydroxylation sites is 2. The summed E-state index contributed by atoms with van der Waals surface area (Å²) in [6.45, 7) is 0. The third-order valence-corrected chi connectivity index (χ3v) is 3.97. The van der Waals surface area contributed by atoms with Crippen LogP contribution in [0.1, 0.15) is 0 Å². The van der Waals surface area contributed by atoms with Crippen molar-refractivity contribution in [1.29, 1.82) is 0 Å². The Morgan fingerprint density at radius 2 is 1.54 bits per heavy atom. The fraction of sp³-hybridized carbons (Fsp3) is 0.0476. The van der Waals surface area contributed by atoms with E-state index in [4.69, 9.17) is 9.47 Å². The Bertz CT molecular complexity index is 940. The van der Waals surface area contributed by atoms with Crippen molar-refractivity contribution in [1.82, 2.24) is 4.98 Å². The monoisotopic (exact) mass is 315 g/mol. The first-order valence-corrected chi connectivity index (χ1v) is 7.82. The fourth-order valence-corrected chi connectivity index (χ4v) is 2.80. The molecule has 0 bridgehead atoms. The van der Waals surface area contributed by atoms with E-state index >= 15 is 0 Å². The molecule has 4 aromatic rings. The van der Waals surface area contributed by atoms with Crippen LogP contribution in [0, 0.1) is 0 Å². The van der Waals surface area contributed by atoms with Crippen LogP contribution in [0.3, 0.4) is 0 Å². The van der Waals surface area contributed by atoms with Crippen molar-refractivity contribution in [2.75, 3.05) is 7.11 Å². The first kappa shape index (κ1) is 14.4. The Hall–Kier alpha value is -3.20. The SMILES string of the molecule is COc1cc(Oc2ccccc2)ccc1-c1cc2ccccc2[nH]1. The average Bonchev–Trinajstić information content (AvgIpc) is 3.06. The summed E-state index contributed by atoms with van der Waals surface area (Å²) in [4.78, 5) is 3.43.